The van der Waals surface area contributed by atoms with Gasteiger partial charge >= 0.3 is 0 Å². The molecule has 0 aromatic carbocycles. The minimum Gasteiger partial charge on any atom is -0.336 e. The van der Waals surface area contributed by atoms with Gasteiger partial charge in [0.1, 0.15) is 0 Å². The van der Waals surface area contributed by atoms with Gasteiger partial charge in [-0.2, -0.15) is 0 Å². The Hall–Kier alpha value is -0.870. The SMILES string of the molecule is CC(C)C(C)CNCc1cn(CCN)cn1. The van der Waals surface area contributed by atoms with Crippen LogP contribution in [0.25, 0.3) is 0 Å². The fourth-order valence-corrected chi connectivity index (χ4v) is 1.43. The van der Waals surface area contributed by atoms with E-state index in [9.17, 15) is 0 Å². The molecule has 0 spiro atoms. The van der Waals surface area contributed by atoms with E-state index in [0.717, 1.165) is 31.2 Å². The normalized spacial score (nSPS) is 13.3. The zero-order valence-electron chi connectivity index (χ0n) is 10.6. The number of nitrogens with zero attached hydrogens (tertiary/aromatic N) is 2. The van der Waals surface area contributed by atoms with Crippen LogP contribution >= 0.6 is 0 Å². The molecule has 0 bridgehead atoms. The lowest BCUT2D eigenvalue weighted by Crippen LogP contribution is -2.23. The molecule has 4 heteroatoms. The fourth-order valence-electron chi connectivity index (χ4n) is 1.43. The Morgan fingerprint density at radius 3 is 2.81 bits per heavy atom. The first-order chi connectivity index (χ1) is 7.63. The molecule has 3 N–H and O–H groups in total. The summed E-state index contributed by atoms with van der Waals surface area (Å²) in [5.74, 6) is 1.42. The van der Waals surface area contributed by atoms with E-state index in [2.05, 4.69) is 37.3 Å². The molecular weight excluding hydrogens is 200 g/mol. The van der Waals surface area contributed by atoms with E-state index in [-0.39, 0.29) is 0 Å². The van der Waals surface area contributed by atoms with Crippen molar-refractivity contribution in [2.75, 3.05) is 13.1 Å². The monoisotopic (exact) mass is 224 g/mol. The molecule has 1 unspecified atom stereocenters. The molecule has 1 rings (SSSR count). The molecule has 1 aromatic rings. The number of nitrogens with one attached hydrogen (secondary N) is 1. The Balaban J connectivity index is 2.26. The maximum Gasteiger partial charge on any atom is 0.0950 e. The highest BCUT2D eigenvalue weighted by molar-refractivity contribution is 4.96. The van der Waals surface area contributed by atoms with Gasteiger partial charge < -0.3 is 15.6 Å². The Kier molecular flexibility index (Phi) is 5.49. The van der Waals surface area contributed by atoms with Crippen molar-refractivity contribution in [3.8, 4) is 0 Å². The van der Waals surface area contributed by atoms with Gasteiger partial charge in [0.15, 0.2) is 0 Å². The molecule has 0 saturated heterocycles. The third-order valence-corrected chi connectivity index (χ3v) is 2.98. The van der Waals surface area contributed by atoms with Crippen molar-refractivity contribution in [3.05, 3.63) is 18.2 Å². The van der Waals surface area contributed by atoms with Crippen LogP contribution in [0.1, 0.15) is 26.5 Å². The minimum atomic E-state index is 0.660. The molecule has 0 aliphatic rings. The van der Waals surface area contributed by atoms with Crippen molar-refractivity contribution >= 4 is 0 Å². The first-order valence-corrected chi connectivity index (χ1v) is 6.05. The molecule has 1 aromatic heterocycles. The molecule has 0 radical (unpaired) electrons. The van der Waals surface area contributed by atoms with Crippen LogP contribution in [0.4, 0.5) is 0 Å². The number of rotatable bonds is 7. The molecule has 0 aliphatic heterocycles. The molecule has 0 aliphatic carbocycles. The summed E-state index contributed by atoms with van der Waals surface area (Å²) in [6.45, 7) is 10.2. The molecule has 0 amide bonds. The van der Waals surface area contributed by atoms with Gasteiger partial charge in [0.2, 0.25) is 0 Å². The van der Waals surface area contributed by atoms with E-state index >= 15 is 0 Å². The van der Waals surface area contributed by atoms with Gasteiger partial charge in [0.05, 0.1) is 12.0 Å². The molecule has 1 atom stereocenters. The lowest BCUT2D eigenvalue weighted by molar-refractivity contribution is 0.392. The first-order valence-electron chi connectivity index (χ1n) is 6.05. The summed E-state index contributed by atoms with van der Waals surface area (Å²) >= 11 is 0. The van der Waals surface area contributed by atoms with E-state index in [1.165, 1.54) is 0 Å². The number of hydrogen-bond acceptors (Lipinski definition) is 3. The predicted octanol–water partition coefficient (Wildman–Crippen LogP) is 1.22. The van der Waals surface area contributed by atoms with Crippen molar-refractivity contribution in [2.24, 2.45) is 17.6 Å². The van der Waals surface area contributed by atoms with E-state index in [0.29, 0.717) is 12.5 Å². The Bertz CT molecular complexity index is 293. The van der Waals surface area contributed by atoms with Crippen molar-refractivity contribution in [2.45, 2.75) is 33.9 Å². The van der Waals surface area contributed by atoms with Gasteiger partial charge in [-0.3, -0.25) is 0 Å². The van der Waals surface area contributed by atoms with Crippen LogP contribution in [0.2, 0.25) is 0 Å². The molecular formula is C12H24N4. The second-order valence-corrected chi connectivity index (χ2v) is 4.74. The summed E-state index contributed by atoms with van der Waals surface area (Å²) in [6, 6.07) is 0. The van der Waals surface area contributed by atoms with Crippen LogP contribution in [0.5, 0.6) is 0 Å². The number of imidazole rings is 1. The first kappa shape index (κ1) is 13.2. The summed E-state index contributed by atoms with van der Waals surface area (Å²) in [7, 11) is 0. The topological polar surface area (TPSA) is 55.9 Å². The fraction of sp³-hybridized carbons (Fsp3) is 0.750. The third-order valence-electron chi connectivity index (χ3n) is 2.98. The van der Waals surface area contributed by atoms with Gasteiger partial charge in [0, 0.05) is 25.8 Å². The van der Waals surface area contributed by atoms with Crippen LogP contribution in [-0.4, -0.2) is 22.6 Å². The molecule has 4 nitrogen and oxygen atoms in total. The van der Waals surface area contributed by atoms with Gasteiger partial charge in [0.25, 0.3) is 0 Å². The maximum absolute atomic E-state index is 5.48. The summed E-state index contributed by atoms with van der Waals surface area (Å²) in [5, 5.41) is 3.43. The van der Waals surface area contributed by atoms with Crippen LogP contribution in [0, 0.1) is 11.8 Å². The quantitative estimate of drug-likeness (QED) is 0.732. The van der Waals surface area contributed by atoms with Gasteiger partial charge in [-0.15, -0.1) is 0 Å². The molecule has 0 fully saturated rings. The average molecular weight is 224 g/mol. The summed E-state index contributed by atoms with van der Waals surface area (Å²) in [4.78, 5) is 4.32. The molecule has 0 saturated carbocycles. The molecule has 16 heavy (non-hydrogen) atoms. The number of hydrogen-bond donors (Lipinski definition) is 2. The third kappa shape index (κ3) is 4.33. The van der Waals surface area contributed by atoms with Crippen LogP contribution in [-0.2, 0) is 13.1 Å². The second-order valence-electron chi connectivity index (χ2n) is 4.74. The smallest absolute Gasteiger partial charge is 0.0950 e. The van der Waals surface area contributed by atoms with Crippen molar-refractivity contribution in [1.82, 2.24) is 14.9 Å². The summed E-state index contributed by atoms with van der Waals surface area (Å²) < 4.78 is 2.03. The van der Waals surface area contributed by atoms with Gasteiger partial charge in [-0.1, -0.05) is 20.8 Å². The highest BCUT2D eigenvalue weighted by Crippen LogP contribution is 2.07. The predicted molar refractivity (Wildman–Crippen MR) is 67.0 cm³/mol. The lowest BCUT2D eigenvalue weighted by Gasteiger charge is -2.15. The van der Waals surface area contributed by atoms with Crippen molar-refractivity contribution < 1.29 is 0 Å². The average Bonchev–Trinajstić information content (AvgIpc) is 2.66. The van der Waals surface area contributed by atoms with Crippen LogP contribution in [0.15, 0.2) is 12.5 Å². The largest absolute Gasteiger partial charge is 0.336 e. The molecule has 92 valence electrons. The second kappa shape index (κ2) is 6.66. The van der Waals surface area contributed by atoms with Crippen LogP contribution in [0.3, 0.4) is 0 Å². The van der Waals surface area contributed by atoms with E-state index in [1.54, 1.807) is 0 Å². The Morgan fingerprint density at radius 2 is 2.19 bits per heavy atom. The van der Waals surface area contributed by atoms with E-state index in [1.807, 2.05) is 10.9 Å². The number of aromatic nitrogens is 2. The Morgan fingerprint density at radius 1 is 1.44 bits per heavy atom. The minimum absolute atomic E-state index is 0.660. The summed E-state index contributed by atoms with van der Waals surface area (Å²) in [5.41, 5.74) is 6.57. The van der Waals surface area contributed by atoms with Crippen molar-refractivity contribution in [3.63, 3.8) is 0 Å². The van der Waals surface area contributed by atoms with Gasteiger partial charge in [-0.25, -0.2) is 4.98 Å². The lowest BCUT2D eigenvalue weighted by atomic mass is 9.98. The van der Waals surface area contributed by atoms with Gasteiger partial charge in [-0.05, 0) is 18.4 Å². The highest BCUT2D eigenvalue weighted by atomic mass is 15.0. The summed E-state index contributed by atoms with van der Waals surface area (Å²) in [6.07, 6.45) is 3.90. The number of nitrogens with two attached hydrogens (primary N) is 1. The standard InChI is InChI=1S/C12H24N4/c1-10(2)11(3)6-14-7-12-8-16(5-4-13)9-15-12/h8-11,14H,4-7,13H2,1-3H3. The van der Waals surface area contributed by atoms with Crippen LogP contribution < -0.4 is 11.1 Å². The highest BCUT2D eigenvalue weighted by Gasteiger charge is 2.06. The van der Waals surface area contributed by atoms with E-state index in [4.69, 9.17) is 5.73 Å². The maximum atomic E-state index is 5.48. The zero-order chi connectivity index (χ0) is 12.0. The molecule has 1 heterocycles. The van der Waals surface area contributed by atoms with E-state index < -0.39 is 0 Å². The Labute approximate surface area is 98.2 Å². The van der Waals surface area contributed by atoms with Crippen molar-refractivity contribution in [1.29, 1.82) is 0 Å². The zero-order valence-corrected chi connectivity index (χ0v) is 10.6.